The van der Waals surface area contributed by atoms with E-state index in [1.807, 2.05) is 103 Å². The number of rotatable bonds is 11. The molecule has 1 aliphatic heterocycles. The molecule has 0 unspecified atom stereocenters. The zero-order valence-corrected chi connectivity index (χ0v) is 37.3. The van der Waals surface area contributed by atoms with Crippen molar-refractivity contribution in [2.45, 2.75) is 5.41 Å². The third kappa shape index (κ3) is 7.64. The van der Waals surface area contributed by atoms with Crippen LogP contribution in [0.25, 0.3) is 39.9 Å². The normalized spacial score (nSPS) is 14.2. The maximum absolute atomic E-state index is 9.87. The lowest BCUT2D eigenvalue weighted by Crippen LogP contribution is -2.28. The molecular weight excluding hydrogens is 825 g/mol. The Balaban J connectivity index is 1.07. The zero-order chi connectivity index (χ0) is 45.9. The van der Waals surface area contributed by atoms with Crippen molar-refractivity contribution in [3.05, 3.63) is 315 Å². The number of allylic oxidation sites excluding steroid dienone is 2. The first-order valence-electron chi connectivity index (χ1n) is 22.9. The molecule has 0 spiro atoms. The fourth-order valence-corrected chi connectivity index (χ4v) is 9.93. The van der Waals surface area contributed by atoms with Crippen molar-refractivity contribution >= 4 is 46.4 Å². The number of benzene rings is 9. The molecule has 0 saturated carbocycles. The number of fused-ring (bicyclic) bond motifs is 4. The van der Waals surface area contributed by atoms with Gasteiger partial charge < -0.3 is 10.7 Å². The number of nitrogens with zero attached hydrogens (tertiary/aromatic N) is 1. The van der Waals surface area contributed by atoms with Crippen LogP contribution in [0.3, 0.4) is 0 Å². The number of nitrogens with one attached hydrogen (secondary N) is 3. The largest absolute Gasteiger partial charge is 0.354 e. The zero-order valence-electron chi connectivity index (χ0n) is 37.3. The molecule has 0 radical (unpaired) electrons. The quantitative estimate of drug-likeness (QED) is 0.111. The summed E-state index contributed by atoms with van der Waals surface area (Å²) in [6.07, 6.45) is 5.96. The minimum atomic E-state index is -0.588. The first-order valence-corrected chi connectivity index (χ1v) is 22.9. The first-order chi connectivity index (χ1) is 33.6. The molecule has 4 nitrogen and oxygen atoms in total. The van der Waals surface area contributed by atoms with Gasteiger partial charge in [-0.15, -0.1) is 0 Å². The van der Waals surface area contributed by atoms with Crippen LogP contribution in [0.2, 0.25) is 0 Å². The van der Waals surface area contributed by atoms with Crippen LogP contribution < -0.4 is 5.32 Å². The third-order valence-electron chi connectivity index (χ3n) is 13.1. The summed E-state index contributed by atoms with van der Waals surface area (Å²) >= 11 is 0. The van der Waals surface area contributed by atoms with Gasteiger partial charge in [0.2, 0.25) is 0 Å². The second-order valence-electron chi connectivity index (χ2n) is 17.1. The van der Waals surface area contributed by atoms with E-state index in [1.165, 1.54) is 33.4 Å². The van der Waals surface area contributed by atoms with E-state index in [1.54, 1.807) is 0 Å². The van der Waals surface area contributed by atoms with Gasteiger partial charge in [-0.25, -0.2) is 0 Å². The molecule has 1 heterocycles. The van der Waals surface area contributed by atoms with Gasteiger partial charge in [0, 0.05) is 34.2 Å². The van der Waals surface area contributed by atoms with Crippen molar-refractivity contribution in [2.24, 2.45) is 4.99 Å². The minimum absolute atomic E-state index is 0.361. The van der Waals surface area contributed by atoms with Crippen molar-refractivity contribution < 1.29 is 0 Å². The maximum atomic E-state index is 9.87. The first kappa shape index (κ1) is 41.7. The van der Waals surface area contributed by atoms with E-state index in [-0.39, 0.29) is 0 Å². The lowest BCUT2D eigenvalue weighted by molar-refractivity contribution is 0.768. The Bertz CT molecular complexity index is 3440. The summed E-state index contributed by atoms with van der Waals surface area (Å²) in [6.45, 7) is 0. The molecule has 0 atom stereocenters. The van der Waals surface area contributed by atoms with Crippen LogP contribution in [0.1, 0.15) is 66.8 Å². The van der Waals surface area contributed by atoms with Crippen LogP contribution in [0.5, 0.6) is 0 Å². The third-order valence-corrected chi connectivity index (χ3v) is 13.1. The Hall–Kier alpha value is -8.99. The summed E-state index contributed by atoms with van der Waals surface area (Å²) in [5.74, 6) is 0. The summed E-state index contributed by atoms with van der Waals surface area (Å²) in [6, 6.07) is 83.8. The Labute approximate surface area is 397 Å². The highest BCUT2D eigenvalue weighted by atomic mass is 14.9. The van der Waals surface area contributed by atoms with Gasteiger partial charge in [-0.1, -0.05) is 231 Å². The molecule has 0 fully saturated rings. The Kier molecular flexibility index (Phi) is 11.1. The summed E-state index contributed by atoms with van der Waals surface area (Å²) < 4.78 is 0. The van der Waals surface area contributed by atoms with Crippen LogP contribution in [0.4, 0.5) is 0 Å². The summed E-state index contributed by atoms with van der Waals surface area (Å²) in [7, 11) is 0. The standard InChI is InChI=1S/C64H46N4/c65-58(45-22-6-1-7-23-45)42-59(49-37-38-55-54-35-18-19-36-56(54)64(57(55)40-49,51-30-12-4-13-31-51)52-32-14-5-15-33-52)67-43-44-21-20-29-50(39-44)61(62(66)47-26-10-3-11-27-47)63-53-34-17-16-28-48(53)41-60(68-63)46-24-8-2-9-25-46/h1-43,65-66,68H/b59-42-,63-61-,65-58?,66-62?,67-43?. The summed E-state index contributed by atoms with van der Waals surface area (Å²) in [5.41, 5.74) is 18.0. The molecule has 68 heavy (non-hydrogen) atoms. The highest BCUT2D eigenvalue weighted by molar-refractivity contribution is 6.36. The molecule has 0 saturated heterocycles. The molecule has 0 aromatic heterocycles. The van der Waals surface area contributed by atoms with E-state index in [2.05, 4.69) is 163 Å². The SMILES string of the molecule is N=C(/C=C(\N=Cc1cccc(/C(C(=N)c2ccccc2)=C2/NC(c3ccccc3)=Cc3ccccc32)c1)c1ccc2c(c1)C(c1ccccc1)(c1ccccc1)c1ccccc1-2)c1ccccc1. The van der Waals surface area contributed by atoms with Crippen LogP contribution >= 0.6 is 0 Å². The van der Waals surface area contributed by atoms with E-state index >= 15 is 0 Å². The molecule has 3 N–H and O–H groups in total. The Morgan fingerprint density at radius 3 is 1.71 bits per heavy atom. The smallest absolute Gasteiger partial charge is 0.0723 e. The van der Waals surface area contributed by atoms with E-state index in [4.69, 9.17) is 4.99 Å². The molecule has 0 amide bonds. The van der Waals surface area contributed by atoms with Crippen molar-refractivity contribution in [3.63, 3.8) is 0 Å². The maximum Gasteiger partial charge on any atom is 0.0723 e. The van der Waals surface area contributed by atoms with Gasteiger partial charge in [-0.3, -0.25) is 10.4 Å². The number of aliphatic imine (C=N–C) groups is 1. The van der Waals surface area contributed by atoms with Crippen LogP contribution in [-0.4, -0.2) is 17.6 Å². The van der Waals surface area contributed by atoms with Gasteiger partial charge in [0.1, 0.15) is 0 Å². The van der Waals surface area contributed by atoms with Crippen LogP contribution in [-0.2, 0) is 5.41 Å². The average molecular weight is 871 g/mol. The monoisotopic (exact) mass is 870 g/mol. The van der Waals surface area contributed by atoms with E-state index in [0.29, 0.717) is 17.1 Å². The fraction of sp³-hybridized carbons (Fsp3) is 0.0156. The van der Waals surface area contributed by atoms with Gasteiger partial charge in [0.05, 0.1) is 28.2 Å². The molecule has 2 aliphatic rings. The molecule has 1 aliphatic carbocycles. The van der Waals surface area contributed by atoms with Gasteiger partial charge >= 0.3 is 0 Å². The lowest BCUT2D eigenvalue weighted by Gasteiger charge is -2.34. The molecule has 9 aromatic rings. The van der Waals surface area contributed by atoms with Gasteiger partial charge in [0.25, 0.3) is 0 Å². The summed E-state index contributed by atoms with van der Waals surface area (Å²) in [4.78, 5) is 5.30. The second-order valence-corrected chi connectivity index (χ2v) is 17.1. The molecule has 0 bridgehead atoms. The summed E-state index contributed by atoms with van der Waals surface area (Å²) in [5, 5.41) is 23.0. The highest BCUT2D eigenvalue weighted by Crippen LogP contribution is 2.56. The van der Waals surface area contributed by atoms with Gasteiger partial charge in [0.15, 0.2) is 0 Å². The lowest BCUT2D eigenvalue weighted by atomic mass is 9.67. The van der Waals surface area contributed by atoms with Crippen LogP contribution in [0.15, 0.2) is 254 Å². The average Bonchev–Trinajstić information content (AvgIpc) is 3.71. The Morgan fingerprint density at radius 2 is 1.01 bits per heavy atom. The fourth-order valence-electron chi connectivity index (χ4n) is 9.93. The molecule has 9 aromatic carbocycles. The number of hydrogen-bond acceptors (Lipinski definition) is 4. The number of hydrogen-bond donors (Lipinski definition) is 3. The van der Waals surface area contributed by atoms with Crippen LogP contribution in [0, 0.1) is 10.8 Å². The topological polar surface area (TPSA) is 72.1 Å². The Morgan fingerprint density at radius 1 is 0.456 bits per heavy atom. The molecular formula is C64H46N4. The minimum Gasteiger partial charge on any atom is -0.354 e. The second kappa shape index (κ2) is 18.1. The predicted molar refractivity (Wildman–Crippen MR) is 283 cm³/mol. The van der Waals surface area contributed by atoms with Crippen molar-refractivity contribution in [1.29, 1.82) is 10.8 Å². The molecule has 11 rings (SSSR count). The van der Waals surface area contributed by atoms with Gasteiger partial charge in [-0.05, 0) is 85.5 Å². The van der Waals surface area contributed by atoms with Crippen molar-refractivity contribution in [3.8, 4) is 11.1 Å². The predicted octanol–water partition coefficient (Wildman–Crippen LogP) is 14.6. The van der Waals surface area contributed by atoms with Crippen molar-refractivity contribution in [1.82, 2.24) is 5.32 Å². The van der Waals surface area contributed by atoms with Crippen molar-refractivity contribution in [2.75, 3.05) is 0 Å². The van der Waals surface area contributed by atoms with E-state index in [9.17, 15) is 10.8 Å². The van der Waals surface area contributed by atoms with E-state index < -0.39 is 5.41 Å². The highest BCUT2D eigenvalue weighted by Gasteiger charge is 2.46. The molecule has 322 valence electrons. The van der Waals surface area contributed by atoms with E-state index in [0.717, 1.165) is 61.5 Å². The van der Waals surface area contributed by atoms with Gasteiger partial charge in [-0.2, -0.15) is 0 Å². The molecule has 4 heteroatoms.